The van der Waals surface area contributed by atoms with E-state index in [1.165, 1.54) is 12.4 Å². The van der Waals surface area contributed by atoms with Gasteiger partial charge in [0, 0.05) is 10.7 Å². The Hall–Kier alpha value is -1.82. The molecule has 0 spiro atoms. The highest BCUT2D eigenvalue weighted by Gasteiger charge is 2.05. The van der Waals surface area contributed by atoms with Crippen LogP contribution in [0.25, 0.3) is 0 Å². The molecule has 0 saturated carbocycles. The van der Waals surface area contributed by atoms with E-state index in [1.807, 2.05) is 24.3 Å². The molecule has 0 aliphatic rings. The SMILES string of the molecule is O=C(O)c1cnn(CCOc2cccc(Br)c2)c1. The highest BCUT2D eigenvalue weighted by Crippen LogP contribution is 2.17. The molecule has 6 heteroatoms. The lowest BCUT2D eigenvalue weighted by Gasteiger charge is -2.06. The summed E-state index contributed by atoms with van der Waals surface area (Å²) in [5.41, 5.74) is 0.178. The highest BCUT2D eigenvalue weighted by molar-refractivity contribution is 9.10. The van der Waals surface area contributed by atoms with Crippen LogP contribution in [0.3, 0.4) is 0 Å². The van der Waals surface area contributed by atoms with E-state index in [2.05, 4.69) is 21.0 Å². The van der Waals surface area contributed by atoms with Crippen molar-refractivity contribution in [2.24, 2.45) is 0 Å². The van der Waals surface area contributed by atoms with Crippen LogP contribution in [-0.4, -0.2) is 27.5 Å². The molecule has 94 valence electrons. The number of hydrogen-bond acceptors (Lipinski definition) is 3. The van der Waals surface area contributed by atoms with Crippen LogP contribution in [0.2, 0.25) is 0 Å². The van der Waals surface area contributed by atoms with Crippen LogP contribution in [0.4, 0.5) is 0 Å². The van der Waals surface area contributed by atoms with E-state index >= 15 is 0 Å². The van der Waals surface area contributed by atoms with Gasteiger partial charge >= 0.3 is 5.97 Å². The first-order valence-corrected chi connectivity index (χ1v) is 6.08. The molecule has 18 heavy (non-hydrogen) atoms. The van der Waals surface area contributed by atoms with Gasteiger partial charge < -0.3 is 9.84 Å². The standard InChI is InChI=1S/C12H11BrN2O3/c13-10-2-1-3-11(6-10)18-5-4-15-8-9(7-14-15)12(16)17/h1-3,6-8H,4-5H2,(H,16,17). The van der Waals surface area contributed by atoms with Gasteiger partial charge in [0.2, 0.25) is 0 Å². The molecule has 0 atom stereocenters. The highest BCUT2D eigenvalue weighted by atomic mass is 79.9. The first kappa shape index (κ1) is 12.6. The number of aromatic nitrogens is 2. The summed E-state index contributed by atoms with van der Waals surface area (Å²) in [5, 5.41) is 12.7. The van der Waals surface area contributed by atoms with Gasteiger partial charge in [-0.15, -0.1) is 0 Å². The van der Waals surface area contributed by atoms with Gasteiger partial charge in [0.05, 0.1) is 18.3 Å². The predicted molar refractivity (Wildman–Crippen MR) is 68.8 cm³/mol. The summed E-state index contributed by atoms with van der Waals surface area (Å²) in [6, 6.07) is 7.53. The average molecular weight is 311 g/mol. The fourth-order valence-electron chi connectivity index (χ4n) is 1.41. The molecule has 0 fully saturated rings. The third kappa shape index (κ3) is 3.33. The van der Waals surface area contributed by atoms with Gasteiger partial charge in [0.25, 0.3) is 0 Å². The fourth-order valence-corrected chi connectivity index (χ4v) is 1.79. The summed E-state index contributed by atoms with van der Waals surface area (Å²) in [4.78, 5) is 10.7. The molecule has 1 aromatic heterocycles. The molecule has 5 nitrogen and oxygen atoms in total. The van der Waals surface area contributed by atoms with Crippen molar-refractivity contribution in [1.29, 1.82) is 0 Å². The Morgan fingerprint density at radius 1 is 1.50 bits per heavy atom. The Kier molecular flexibility index (Phi) is 3.99. The minimum atomic E-state index is -0.978. The van der Waals surface area contributed by atoms with Crippen molar-refractivity contribution in [3.63, 3.8) is 0 Å². The number of carboxylic acid groups (broad SMARTS) is 1. The summed E-state index contributed by atoms with van der Waals surface area (Å²) in [5.74, 6) is -0.218. The Balaban J connectivity index is 1.86. The van der Waals surface area contributed by atoms with Crippen LogP contribution in [0.1, 0.15) is 10.4 Å². The Labute approximate surface area is 112 Å². The van der Waals surface area contributed by atoms with E-state index < -0.39 is 5.97 Å². The molecule has 2 rings (SSSR count). The van der Waals surface area contributed by atoms with Crippen molar-refractivity contribution in [1.82, 2.24) is 9.78 Å². The van der Waals surface area contributed by atoms with Crippen molar-refractivity contribution in [2.75, 3.05) is 6.61 Å². The number of rotatable bonds is 5. The first-order chi connectivity index (χ1) is 8.65. The summed E-state index contributed by atoms with van der Waals surface area (Å²) in [6.45, 7) is 0.928. The Bertz CT molecular complexity index is 554. The molecule has 1 heterocycles. The lowest BCUT2D eigenvalue weighted by molar-refractivity contribution is 0.0696. The van der Waals surface area contributed by atoms with E-state index in [0.29, 0.717) is 13.2 Å². The molecule has 2 aromatic rings. The fraction of sp³-hybridized carbons (Fsp3) is 0.167. The van der Waals surface area contributed by atoms with Crippen LogP contribution in [0, 0.1) is 0 Å². The second-order valence-electron chi connectivity index (χ2n) is 3.60. The van der Waals surface area contributed by atoms with E-state index in [1.54, 1.807) is 4.68 Å². The summed E-state index contributed by atoms with van der Waals surface area (Å²) in [7, 11) is 0. The van der Waals surface area contributed by atoms with Crippen LogP contribution < -0.4 is 4.74 Å². The second-order valence-corrected chi connectivity index (χ2v) is 4.52. The van der Waals surface area contributed by atoms with Crippen LogP contribution in [0.15, 0.2) is 41.1 Å². The van der Waals surface area contributed by atoms with Gasteiger partial charge in [-0.05, 0) is 18.2 Å². The van der Waals surface area contributed by atoms with Gasteiger partial charge in [-0.2, -0.15) is 5.10 Å². The number of halogens is 1. The smallest absolute Gasteiger partial charge is 0.338 e. The average Bonchev–Trinajstić information content (AvgIpc) is 2.78. The maximum Gasteiger partial charge on any atom is 0.338 e. The molecule has 0 bridgehead atoms. The quantitative estimate of drug-likeness (QED) is 0.921. The Morgan fingerprint density at radius 3 is 3.00 bits per heavy atom. The van der Waals surface area contributed by atoms with Gasteiger partial charge in [-0.25, -0.2) is 4.79 Å². The van der Waals surface area contributed by atoms with E-state index in [9.17, 15) is 4.79 Å². The number of nitrogens with zero attached hydrogens (tertiary/aromatic N) is 2. The minimum Gasteiger partial charge on any atom is -0.492 e. The topological polar surface area (TPSA) is 64.3 Å². The molecule has 0 radical (unpaired) electrons. The lowest BCUT2D eigenvalue weighted by atomic mass is 10.3. The summed E-state index contributed by atoms with van der Waals surface area (Å²) < 4.78 is 8.02. The third-order valence-electron chi connectivity index (χ3n) is 2.27. The predicted octanol–water partition coefficient (Wildman–Crippen LogP) is 2.42. The number of ether oxygens (including phenoxy) is 1. The summed E-state index contributed by atoms with van der Waals surface area (Å²) >= 11 is 3.36. The van der Waals surface area contributed by atoms with Crippen molar-refractivity contribution < 1.29 is 14.6 Å². The third-order valence-corrected chi connectivity index (χ3v) is 2.76. The Morgan fingerprint density at radius 2 is 2.33 bits per heavy atom. The maximum atomic E-state index is 10.7. The minimum absolute atomic E-state index is 0.178. The lowest BCUT2D eigenvalue weighted by Crippen LogP contribution is -2.08. The first-order valence-electron chi connectivity index (χ1n) is 5.29. The molecule has 1 aromatic carbocycles. The molecular formula is C12H11BrN2O3. The molecule has 0 aliphatic carbocycles. The summed E-state index contributed by atoms with van der Waals surface area (Å²) in [6.07, 6.45) is 2.80. The molecular weight excluding hydrogens is 300 g/mol. The van der Waals surface area contributed by atoms with Crippen molar-refractivity contribution in [3.8, 4) is 5.75 Å². The van der Waals surface area contributed by atoms with Gasteiger partial charge in [0.15, 0.2) is 0 Å². The van der Waals surface area contributed by atoms with E-state index in [4.69, 9.17) is 9.84 Å². The van der Waals surface area contributed by atoms with E-state index in [-0.39, 0.29) is 5.56 Å². The zero-order valence-corrected chi connectivity index (χ0v) is 11.0. The van der Waals surface area contributed by atoms with Crippen LogP contribution in [-0.2, 0) is 6.54 Å². The van der Waals surface area contributed by atoms with E-state index in [0.717, 1.165) is 10.2 Å². The second kappa shape index (κ2) is 5.68. The normalized spacial score (nSPS) is 10.3. The van der Waals surface area contributed by atoms with Crippen molar-refractivity contribution in [2.45, 2.75) is 6.54 Å². The van der Waals surface area contributed by atoms with Gasteiger partial charge in [-0.1, -0.05) is 22.0 Å². The molecule has 0 unspecified atom stereocenters. The molecule has 0 amide bonds. The monoisotopic (exact) mass is 310 g/mol. The van der Waals surface area contributed by atoms with Crippen molar-refractivity contribution in [3.05, 3.63) is 46.7 Å². The largest absolute Gasteiger partial charge is 0.492 e. The molecule has 0 saturated heterocycles. The van der Waals surface area contributed by atoms with Gasteiger partial charge in [0.1, 0.15) is 12.4 Å². The molecule has 0 aliphatic heterocycles. The number of carboxylic acids is 1. The van der Waals surface area contributed by atoms with Gasteiger partial charge in [-0.3, -0.25) is 4.68 Å². The van der Waals surface area contributed by atoms with Crippen LogP contribution in [0.5, 0.6) is 5.75 Å². The molecule has 1 N–H and O–H groups in total. The number of hydrogen-bond donors (Lipinski definition) is 1. The zero-order chi connectivity index (χ0) is 13.0. The number of carbonyl (C=O) groups is 1. The maximum absolute atomic E-state index is 10.7. The van der Waals surface area contributed by atoms with Crippen molar-refractivity contribution >= 4 is 21.9 Å². The zero-order valence-electron chi connectivity index (χ0n) is 9.41. The van der Waals surface area contributed by atoms with Crippen LogP contribution >= 0.6 is 15.9 Å². The number of benzene rings is 1. The number of aromatic carboxylic acids is 1.